The molecule has 0 radical (unpaired) electrons. The summed E-state index contributed by atoms with van der Waals surface area (Å²) in [5, 5.41) is 12.7. The Morgan fingerprint density at radius 1 is 1.12 bits per heavy atom. The predicted molar refractivity (Wildman–Crippen MR) is 123 cm³/mol. The molecule has 2 atom stereocenters. The summed E-state index contributed by atoms with van der Waals surface area (Å²) in [6.45, 7) is 6.66. The summed E-state index contributed by atoms with van der Waals surface area (Å²) in [5.74, 6) is 3.04. The van der Waals surface area contributed by atoms with E-state index < -0.39 is 5.82 Å². The van der Waals surface area contributed by atoms with E-state index >= 15 is 0 Å². The van der Waals surface area contributed by atoms with Gasteiger partial charge in [-0.15, -0.1) is 0 Å². The van der Waals surface area contributed by atoms with Crippen molar-refractivity contribution in [3.05, 3.63) is 30.3 Å². The topological polar surface area (TPSA) is 84.3 Å². The van der Waals surface area contributed by atoms with E-state index in [1.54, 1.807) is 0 Å². The van der Waals surface area contributed by atoms with Crippen LogP contribution in [-0.4, -0.2) is 35.8 Å². The van der Waals surface area contributed by atoms with Crippen molar-refractivity contribution in [2.24, 2.45) is 17.8 Å². The molecule has 4 aromatic rings. The molecule has 3 fully saturated rings. The fourth-order valence-corrected chi connectivity index (χ4v) is 5.88. The first-order valence-corrected chi connectivity index (χ1v) is 11.6. The van der Waals surface area contributed by atoms with Gasteiger partial charge in [0.1, 0.15) is 23.0 Å². The Morgan fingerprint density at radius 3 is 2.66 bits per heavy atom. The number of fused-ring (bicyclic) bond motifs is 5. The van der Waals surface area contributed by atoms with Crippen molar-refractivity contribution in [3.63, 3.8) is 0 Å². The van der Waals surface area contributed by atoms with Gasteiger partial charge in [0.15, 0.2) is 11.5 Å². The number of hydrogen-bond donors (Lipinski definition) is 2. The fourth-order valence-electron chi connectivity index (χ4n) is 5.88. The first kappa shape index (κ1) is 19.6. The van der Waals surface area contributed by atoms with E-state index in [1.807, 2.05) is 0 Å². The molecule has 4 heterocycles. The summed E-state index contributed by atoms with van der Waals surface area (Å²) in [4.78, 5) is 13.9. The van der Waals surface area contributed by atoms with Crippen molar-refractivity contribution in [3.8, 4) is 11.5 Å². The summed E-state index contributed by atoms with van der Waals surface area (Å²) in [7, 11) is 0. The molecule has 0 spiro atoms. The molecule has 32 heavy (non-hydrogen) atoms. The molecule has 3 aliphatic carbocycles. The second-order valence-corrected chi connectivity index (χ2v) is 9.78. The van der Waals surface area contributed by atoms with E-state index in [0.29, 0.717) is 40.4 Å². The molecule has 3 aliphatic rings. The van der Waals surface area contributed by atoms with Crippen molar-refractivity contribution in [2.75, 3.05) is 5.32 Å². The third-order valence-electron chi connectivity index (χ3n) is 7.67. The molecule has 0 amide bonds. The van der Waals surface area contributed by atoms with Gasteiger partial charge in [-0.2, -0.15) is 5.10 Å². The number of hydrogen-bond acceptors (Lipinski definition) is 5. The van der Waals surface area contributed by atoms with Gasteiger partial charge in [-0.1, -0.05) is 6.92 Å². The highest BCUT2D eigenvalue weighted by atomic mass is 19.1. The normalized spacial score (nSPS) is 25.3. The SMILES string of the molecule is CC1C2CCC(CC2)C1Nc1nc(-c2[nH]nc3ncc(F)cc23)nc2c1ccn2C(C)C. The third-order valence-corrected chi connectivity index (χ3v) is 7.67. The Balaban J connectivity index is 1.51. The van der Waals surface area contributed by atoms with Crippen LogP contribution in [0.4, 0.5) is 10.2 Å². The number of nitrogens with one attached hydrogen (secondary N) is 2. The molecule has 4 aromatic heterocycles. The Bertz CT molecular complexity index is 1300. The summed E-state index contributed by atoms with van der Waals surface area (Å²) < 4.78 is 16.1. The zero-order valence-corrected chi connectivity index (χ0v) is 18.6. The fraction of sp³-hybridized carbons (Fsp3) is 0.500. The van der Waals surface area contributed by atoms with Crippen LogP contribution in [0.25, 0.3) is 33.6 Å². The Hall–Kier alpha value is -3.03. The first-order chi connectivity index (χ1) is 15.5. The second kappa shape index (κ2) is 7.25. The van der Waals surface area contributed by atoms with E-state index in [4.69, 9.17) is 9.97 Å². The number of pyridine rings is 1. The van der Waals surface area contributed by atoms with Crippen molar-refractivity contribution < 1.29 is 4.39 Å². The molecular formula is C24H28FN7. The van der Waals surface area contributed by atoms with E-state index in [9.17, 15) is 4.39 Å². The number of H-pyrrole nitrogens is 1. The lowest BCUT2D eigenvalue weighted by atomic mass is 9.62. The summed E-state index contributed by atoms with van der Waals surface area (Å²) in [6, 6.07) is 4.20. The lowest BCUT2D eigenvalue weighted by molar-refractivity contribution is 0.0929. The number of halogens is 1. The predicted octanol–water partition coefficient (Wildman–Crippen LogP) is 5.33. The molecule has 7 rings (SSSR count). The average Bonchev–Trinajstić information content (AvgIpc) is 3.40. The maximum Gasteiger partial charge on any atom is 0.182 e. The van der Waals surface area contributed by atoms with Gasteiger partial charge in [0.25, 0.3) is 0 Å². The quantitative estimate of drug-likeness (QED) is 0.455. The number of rotatable bonds is 4. The van der Waals surface area contributed by atoms with Crippen molar-refractivity contribution in [1.82, 2.24) is 29.7 Å². The van der Waals surface area contributed by atoms with Gasteiger partial charge in [0.2, 0.25) is 0 Å². The van der Waals surface area contributed by atoms with Crippen LogP contribution in [-0.2, 0) is 0 Å². The van der Waals surface area contributed by atoms with Crippen molar-refractivity contribution in [1.29, 1.82) is 0 Å². The van der Waals surface area contributed by atoms with Crippen LogP contribution in [0.2, 0.25) is 0 Å². The molecule has 2 unspecified atom stereocenters. The van der Waals surface area contributed by atoms with E-state index in [-0.39, 0.29) is 6.04 Å². The molecule has 7 nitrogen and oxygen atoms in total. The molecule has 0 saturated heterocycles. The van der Waals surface area contributed by atoms with Crippen LogP contribution in [0, 0.1) is 23.6 Å². The van der Waals surface area contributed by atoms with Crippen LogP contribution in [0.3, 0.4) is 0 Å². The molecule has 2 N–H and O–H groups in total. The number of aromatic amines is 1. The zero-order valence-electron chi connectivity index (χ0n) is 18.6. The molecule has 166 valence electrons. The van der Waals surface area contributed by atoms with Gasteiger partial charge in [-0.05, 0) is 69.4 Å². The Labute approximate surface area is 185 Å². The van der Waals surface area contributed by atoms with Gasteiger partial charge < -0.3 is 9.88 Å². The number of nitrogens with zero attached hydrogens (tertiary/aromatic N) is 5. The maximum absolute atomic E-state index is 13.9. The third kappa shape index (κ3) is 2.99. The van der Waals surface area contributed by atoms with Crippen molar-refractivity contribution in [2.45, 2.75) is 58.5 Å². The van der Waals surface area contributed by atoms with E-state index in [1.165, 1.54) is 37.9 Å². The zero-order chi connectivity index (χ0) is 22.0. The van der Waals surface area contributed by atoms with Gasteiger partial charge >= 0.3 is 0 Å². The van der Waals surface area contributed by atoms with Gasteiger partial charge in [-0.3, -0.25) is 5.10 Å². The Kier molecular flexibility index (Phi) is 4.45. The first-order valence-electron chi connectivity index (χ1n) is 11.6. The highest BCUT2D eigenvalue weighted by Gasteiger charge is 2.41. The Morgan fingerprint density at radius 2 is 1.91 bits per heavy atom. The lowest BCUT2D eigenvalue weighted by Gasteiger charge is -2.47. The second-order valence-electron chi connectivity index (χ2n) is 9.78. The minimum absolute atomic E-state index is 0.255. The van der Waals surface area contributed by atoms with E-state index in [0.717, 1.165) is 22.8 Å². The largest absolute Gasteiger partial charge is 0.366 e. The molecule has 0 aromatic carbocycles. The number of aromatic nitrogens is 6. The van der Waals surface area contributed by atoms with Gasteiger partial charge in [0.05, 0.1) is 17.0 Å². The molecule has 8 heteroatoms. The minimum Gasteiger partial charge on any atom is -0.366 e. The van der Waals surface area contributed by atoms with Crippen LogP contribution in [0.1, 0.15) is 52.5 Å². The molecule has 3 saturated carbocycles. The highest BCUT2D eigenvalue weighted by molar-refractivity contribution is 5.93. The van der Waals surface area contributed by atoms with Gasteiger partial charge in [0, 0.05) is 18.3 Å². The molecule has 2 bridgehead atoms. The summed E-state index contributed by atoms with van der Waals surface area (Å²) in [6.07, 6.45) is 8.51. The minimum atomic E-state index is -0.405. The van der Waals surface area contributed by atoms with Crippen LogP contribution < -0.4 is 5.32 Å². The monoisotopic (exact) mass is 433 g/mol. The summed E-state index contributed by atoms with van der Waals surface area (Å²) in [5.41, 5.74) is 1.91. The van der Waals surface area contributed by atoms with Gasteiger partial charge in [-0.25, -0.2) is 19.3 Å². The van der Waals surface area contributed by atoms with Crippen LogP contribution in [0.5, 0.6) is 0 Å². The van der Waals surface area contributed by atoms with Crippen molar-refractivity contribution >= 4 is 27.9 Å². The molecular weight excluding hydrogens is 405 g/mol. The molecule has 0 aliphatic heterocycles. The maximum atomic E-state index is 13.9. The lowest BCUT2D eigenvalue weighted by Crippen LogP contribution is -2.47. The standard InChI is InChI=1S/C24H28FN7/c1-12(2)32-9-8-17-22(27-19-13(3)14-4-6-15(19)7-5-14)28-23(29-24(17)32)20-18-10-16(25)11-26-21(18)31-30-20/h8-15,19H,4-7H2,1-3H3,(H,26,30,31)(H,27,28,29). The average molecular weight is 434 g/mol. The van der Waals surface area contributed by atoms with Crippen LogP contribution in [0.15, 0.2) is 24.5 Å². The van der Waals surface area contributed by atoms with Crippen LogP contribution >= 0.6 is 0 Å². The smallest absolute Gasteiger partial charge is 0.182 e. The highest BCUT2D eigenvalue weighted by Crippen LogP contribution is 2.46. The summed E-state index contributed by atoms with van der Waals surface area (Å²) >= 11 is 0. The van der Waals surface area contributed by atoms with E-state index in [2.05, 4.69) is 58.1 Å². The number of anilines is 1.